The SMILES string of the molecule is O=C(CSc1cc(N2CCN(c3ccccc3F)CC2)ncn1)Nc1ccccc1Cl. The van der Waals surface area contributed by atoms with Crippen molar-refractivity contribution in [2.45, 2.75) is 5.03 Å². The maximum atomic E-state index is 14.0. The predicted octanol–water partition coefficient (Wildman–Crippen LogP) is 4.33. The molecule has 6 nitrogen and oxygen atoms in total. The number of carbonyl (C=O) groups excluding carboxylic acids is 1. The maximum absolute atomic E-state index is 14.0. The molecule has 1 aliphatic rings. The highest BCUT2D eigenvalue weighted by atomic mass is 35.5. The average Bonchev–Trinajstić information content (AvgIpc) is 2.80. The molecular formula is C22H21ClFN5OS. The minimum Gasteiger partial charge on any atom is -0.366 e. The van der Waals surface area contributed by atoms with Crippen LogP contribution in [0.3, 0.4) is 0 Å². The van der Waals surface area contributed by atoms with Crippen LogP contribution in [0.15, 0.2) is 66.0 Å². The van der Waals surface area contributed by atoms with E-state index in [2.05, 4.69) is 20.2 Å². The molecule has 3 aromatic rings. The van der Waals surface area contributed by atoms with Gasteiger partial charge in [0.25, 0.3) is 0 Å². The first-order valence-corrected chi connectivity index (χ1v) is 11.2. The molecule has 1 aliphatic heterocycles. The van der Waals surface area contributed by atoms with Crippen molar-refractivity contribution in [3.8, 4) is 0 Å². The first-order chi connectivity index (χ1) is 15.1. The molecule has 1 saturated heterocycles. The highest BCUT2D eigenvalue weighted by Crippen LogP contribution is 2.25. The lowest BCUT2D eigenvalue weighted by Crippen LogP contribution is -2.47. The molecule has 0 unspecified atom stereocenters. The van der Waals surface area contributed by atoms with Gasteiger partial charge in [-0.3, -0.25) is 4.79 Å². The minimum atomic E-state index is -0.202. The van der Waals surface area contributed by atoms with Crippen LogP contribution in [0.5, 0.6) is 0 Å². The van der Waals surface area contributed by atoms with Crippen LogP contribution in [0, 0.1) is 5.82 Å². The Kier molecular flexibility index (Phi) is 6.89. The number of halogens is 2. The quantitative estimate of drug-likeness (QED) is 0.439. The summed E-state index contributed by atoms with van der Waals surface area (Å²) in [5, 5.41) is 4.02. The van der Waals surface area contributed by atoms with Gasteiger partial charge in [0.1, 0.15) is 23.0 Å². The third-order valence-corrected chi connectivity index (χ3v) is 6.18. The highest BCUT2D eigenvalue weighted by molar-refractivity contribution is 7.99. The van der Waals surface area contributed by atoms with Gasteiger partial charge in [-0.15, -0.1) is 0 Å². The summed E-state index contributed by atoms with van der Waals surface area (Å²) >= 11 is 7.42. The third-order valence-electron chi connectivity index (χ3n) is 4.92. The van der Waals surface area contributed by atoms with Gasteiger partial charge in [-0.05, 0) is 24.3 Å². The van der Waals surface area contributed by atoms with Crippen molar-refractivity contribution < 1.29 is 9.18 Å². The highest BCUT2D eigenvalue weighted by Gasteiger charge is 2.20. The fraction of sp³-hybridized carbons (Fsp3) is 0.227. The van der Waals surface area contributed by atoms with Gasteiger partial charge in [-0.1, -0.05) is 47.6 Å². The summed E-state index contributed by atoms with van der Waals surface area (Å²) in [7, 11) is 0. The van der Waals surface area contributed by atoms with Gasteiger partial charge in [0.15, 0.2) is 0 Å². The van der Waals surface area contributed by atoms with E-state index in [-0.39, 0.29) is 17.5 Å². The summed E-state index contributed by atoms with van der Waals surface area (Å²) in [4.78, 5) is 25.1. The lowest BCUT2D eigenvalue weighted by atomic mass is 10.2. The molecule has 2 heterocycles. The Labute approximate surface area is 189 Å². The fourth-order valence-corrected chi connectivity index (χ4v) is 4.20. The van der Waals surface area contributed by atoms with Gasteiger partial charge in [-0.2, -0.15) is 0 Å². The van der Waals surface area contributed by atoms with Crippen molar-refractivity contribution in [3.63, 3.8) is 0 Å². The van der Waals surface area contributed by atoms with E-state index in [0.717, 1.165) is 23.9 Å². The summed E-state index contributed by atoms with van der Waals surface area (Å²) < 4.78 is 14.0. The molecule has 0 radical (unpaired) electrons. The molecule has 1 fully saturated rings. The zero-order chi connectivity index (χ0) is 21.6. The van der Waals surface area contributed by atoms with E-state index in [1.54, 1.807) is 24.3 Å². The molecule has 31 heavy (non-hydrogen) atoms. The first kappa shape index (κ1) is 21.4. The van der Waals surface area contributed by atoms with Gasteiger partial charge >= 0.3 is 0 Å². The average molecular weight is 458 g/mol. The maximum Gasteiger partial charge on any atom is 0.234 e. The molecule has 0 atom stereocenters. The van der Waals surface area contributed by atoms with Gasteiger partial charge in [-0.25, -0.2) is 14.4 Å². The Balaban J connectivity index is 1.32. The summed E-state index contributed by atoms with van der Waals surface area (Å²) in [6, 6.07) is 15.8. The summed E-state index contributed by atoms with van der Waals surface area (Å²) in [6.07, 6.45) is 1.51. The van der Waals surface area contributed by atoms with Gasteiger partial charge in [0.05, 0.1) is 22.2 Å². The number of piperazine rings is 1. The minimum absolute atomic E-state index is 0.156. The molecule has 0 saturated carbocycles. The second-order valence-electron chi connectivity index (χ2n) is 6.96. The predicted molar refractivity (Wildman–Crippen MR) is 124 cm³/mol. The second kappa shape index (κ2) is 9.98. The number of hydrogen-bond acceptors (Lipinski definition) is 6. The largest absolute Gasteiger partial charge is 0.366 e. The smallest absolute Gasteiger partial charge is 0.234 e. The third kappa shape index (κ3) is 5.45. The fourth-order valence-electron chi connectivity index (χ4n) is 3.35. The van der Waals surface area contributed by atoms with E-state index < -0.39 is 0 Å². The van der Waals surface area contributed by atoms with Crippen LogP contribution in [0.25, 0.3) is 0 Å². The lowest BCUT2D eigenvalue weighted by Gasteiger charge is -2.36. The Morgan fingerprint density at radius 2 is 1.74 bits per heavy atom. The number of rotatable bonds is 6. The summed E-state index contributed by atoms with van der Waals surface area (Å²) in [6.45, 7) is 2.85. The Morgan fingerprint density at radius 3 is 2.52 bits per heavy atom. The summed E-state index contributed by atoms with van der Waals surface area (Å²) in [5.41, 5.74) is 1.22. The normalized spacial score (nSPS) is 13.9. The van der Waals surface area contributed by atoms with Gasteiger partial charge in [0.2, 0.25) is 5.91 Å². The van der Waals surface area contributed by atoms with E-state index in [9.17, 15) is 9.18 Å². The van der Waals surface area contributed by atoms with Crippen LogP contribution >= 0.6 is 23.4 Å². The number of hydrogen-bond donors (Lipinski definition) is 1. The van der Waals surface area contributed by atoms with Gasteiger partial charge < -0.3 is 15.1 Å². The van der Waals surface area contributed by atoms with Crippen molar-refractivity contribution in [2.24, 2.45) is 0 Å². The van der Waals surface area contributed by atoms with E-state index in [4.69, 9.17) is 11.6 Å². The molecule has 4 rings (SSSR count). The molecular weight excluding hydrogens is 437 g/mol. The number of thioether (sulfide) groups is 1. The van der Waals surface area contributed by atoms with E-state index in [1.807, 2.05) is 29.2 Å². The van der Waals surface area contributed by atoms with E-state index in [0.29, 0.717) is 29.5 Å². The van der Waals surface area contributed by atoms with Crippen LogP contribution in [0.2, 0.25) is 5.02 Å². The first-order valence-electron chi connectivity index (χ1n) is 9.84. The molecule has 0 spiro atoms. The van der Waals surface area contributed by atoms with Crippen molar-refractivity contribution in [1.82, 2.24) is 9.97 Å². The van der Waals surface area contributed by atoms with Crippen LogP contribution in [-0.2, 0) is 4.79 Å². The zero-order valence-corrected chi connectivity index (χ0v) is 18.2. The van der Waals surface area contributed by atoms with Crippen molar-refractivity contribution in [2.75, 3.05) is 47.0 Å². The molecule has 1 amide bonds. The number of anilines is 3. The monoisotopic (exact) mass is 457 g/mol. The molecule has 1 N–H and O–H groups in total. The standard InChI is InChI=1S/C22H21ClFN5OS/c23-16-5-1-3-7-18(16)27-21(30)14-31-22-13-20(25-15-26-22)29-11-9-28(10-12-29)19-8-4-2-6-17(19)24/h1-8,13,15H,9-12,14H2,(H,27,30). The zero-order valence-electron chi connectivity index (χ0n) is 16.7. The van der Waals surface area contributed by atoms with Crippen molar-refractivity contribution in [1.29, 1.82) is 0 Å². The van der Waals surface area contributed by atoms with Crippen molar-refractivity contribution in [3.05, 3.63) is 71.8 Å². The molecule has 1 aromatic heterocycles. The number of nitrogens with one attached hydrogen (secondary N) is 1. The number of carbonyl (C=O) groups is 1. The van der Waals surface area contributed by atoms with Gasteiger partial charge in [0, 0.05) is 32.2 Å². The molecule has 0 bridgehead atoms. The van der Waals surface area contributed by atoms with Crippen molar-refractivity contribution >= 4 is 46.5 Å². The van der Waals surface area contributed by atoms with Crippen LogP contribution < -0.4 is 15.1 Å². The Hall–Kier alpha value is -2.84. The molecule has 9 heteroatoms. The number of benzene rings is 2. The van der Waals surface area contributed by atoms with Crippen LogP contribution in [0.1, 0.15) is 0 Å². The second-order valence-corrected chi connectivity index (χ2v) is 8.36. The number of para-hydroxylation sites is 2. The topological polar surface area (TPSA) is 61.4 Å². The molecule has 160 valence electrons. The Morgan fingerprint density at radius 1 is 1.03 bits per heavy atom. The molecule has 2 aromatic carbocycles. The number of nitrogens with zero attached hydrogens (tertiary/aromatic N) is 4. The Bertz CT molecular complexity index is 1060. The lowest BCUT2D eigenvalue weighted by molar-refractivity contribution is -0.113. The van der Waals surface area contributed by atoms with E-state index >= 15 is 0 Å². The number of amides is 1. The number of aromatic nitrogens is 2. The summed E-state index contributed by atoms with van der Waals surface area (Å²) in [5.74, 6) is 0.656. The van der Waals surface area contributed by atoms with Crippen LogP contribution in [-0.4, -0.2) is 47.8 Å². The molecule has 0 aliphatic carbocycles. The van der Waals surface area contributed by atoms with E-state index in [1.165, 1.54) is 24.2 Å². The van der Waals surface area contributed by atoms with Crippen LogP contribution in [0.4, 0.5) is 21.6 Å².